The van der Waals surface area contributed by atoms with E-state index in [4.69, 9.17) is 14.9 Å². The summed E-state index contributed by atoms with van der Waals surface area (Å²) in [5.74, 6) is -1.85. The van der Waals surface area contributed by atoms with Crippen molar-refractivity contribution in [1.82, 2.24) is 5.32 Å². The van der Waals surface area contributed by atoms with Crippen LogP contribution in [0.5, 0.6) is 5.75 Å². The molecule has 0 saturated carbocycles. The zero-order chi connectivity index (χ0) is 22.9. The van der Waals surface area contributed by atoms with Gasteiger partial charge in [0.05, 0.1) is 5.56 Å². The van der Waals surface area contributed by atoms with Gasteiger partial charge in [0.25, 0.3) is 0 Å². The molecule has 0 aliphatic carbocycles. The van der Waals surface area contributed by atoms with Gasteiger partial charge in [0.15, 0.2) is 0 Å². The van der Waals surface area contributed by atoms with Crippen molar-refractivity contribution in [3.8, 4) is 5.75 Å². The number of hydrogen-bond donors (Lipinski definition) is 3. The van der Waals surface area contributed by atoms with Gasteiger partial charge in [-0.15, -0.1) is 0 Å². The van der Waals surface area contributed by atoms with Crippen LogP contribution < -0.4 is 10.1 Å². The highest BCUT2D eigenvalue weighted by atomic mass is 19.4. The fourth-order valence-electron chi connectivity index (χ4n) is 3.05. The zero-order valence-electron chi connectivity index (χ0n) is 16.4. The van der Waals surface area contributed by atoms with E-state index < -0.39 is 23.7 Å². The van der Waals surface area contributed by atoms with E-state index in [9.17, 15) is 22.8 Å². The van der Waals surface area contributed by atoms with Crippen molar-refractivity contribution in [2.45, 2.75) is 24.6 Å². The SMILES string of the molecule is FC(F)(F)c1ccc(OC2CCNCC2c2ccccc2)cc1.O=C(O)C=CC(=O)O. The van der Waals surface area contributed by atoms with Gasteiger partial charge >= 0.3 is 18.1 Å². The maximum atomic E-state index is 12.6. The minimum atomic E-state index is -4.32. The van der Waals surface area contributed by atoms with Crippen LogP contribution in [-0.2, 0) is 15.8 Å². The summed E-state index contributed by atoms with van der Waals surface area (Å²) < 4.78 is 43.8. The maximum Gasteiger partial charge on any atom is 0.416 e. The van der Waals surface area contributed by atoms with Gasteiger partial charge in [0.1, 0.15) is 11.9 Å². The van der Waals surface area contributed by atoms with Crippen LogP contribution in [-0.4, -0.2) is 41.3 Å². The Kier molecular flexibility index (Phi) is 8.63. The molecule has 9 heteroatoms. The van der Waals surface area contributed by atoms with Gasteiger partial charge in [0.2, 0.25) is 0 Å². The lowest BCUT2D eigenvalue weighted by Gasteiger charge is -2.33. The molecular formula is C22H22F3NO5. The summed E-state index contributed by atoms with van der Waals surface area (Å²) in [6, 6.07) is 15.0. The van der Waals surface area contributed by atoms with Crippen molar-refractivity contribution in [3.05, 3.63) is 77.9 Å². The van der Waals surface area contributed by atoms with Crippen molar-refractivity contribution in [2.75, 3.05) is 13.1 Å². The standard InChI is InChI=1S/C18H18F3NO.C4H4O4/c19-18(20,21)14-6-8-15(9-7-14)23-17-10-11-22-12-16(17)13-4-2-1-3-5-13;5-3(6)1-2-4(7)8/h1-9,16-17,22H,10-12H2;1-2H,(H,5,6)(H,7,8). The van der Waals surface area contributed by atoms with Crippen molar-refractivity contribution in [1.29, 1.82) is 0 Å². The Morgan fingerprint density at radius 2 is 1.55 bits per heavy atom. The number of piperidine rings is 1. The first-order valence-corrected chi connectivity index (χ1v) is 9.40. The second kappa shape index (κ2) is 11.2. The fraction of sp³-hybridized carbons (Fsp3) is 0.273. The Bertz CT molecular complexity index is 866. The van der Waals surface area contributed by atoms with Crippen molar-refractivity contribution in [2.24, 2.45) is 0 Å². The number of nitrogens with one attached hydrogen (secondary N) is 1. The summed E-state index contributed by atoms with van der Waals surface area (Å²) in [5.41, 5.74) is 0.520. The highest BCUT2D eigenvalue weighted by Gasteiger charge is 2.31. The quantitative estimate of drug-likeness (QED) is 0.614. The summed E-state index contributed by atoms with van der Waals surface area (Å²) in [6.45, 7) is 1.64. The Labute approximate surface area is 177 Å². The van der Waals surface area contributed by atoms with Crippen molar-refractivity contribution in [3.63, 3.8) is 0 Å². The monoisotopic (exact) mass is 437 g/mol. The lowest BCUT2D eigenvalue weighted by Crippen LogP contribution is -2.41. The Morgan fingerprint density at radius 3 is 2.06 bits per heavy atom. The molecule has 1 saturated heterocycles. The van der Waals surface area contributed by atoms with Crippen LogP contribution in [0.4, 0.5) is 13.2 Å². The summed E-state index contributed by atoms with van der Waals surface area (Å²) >= 11 is 0. The topological polar surface area (TPSA) is 95.9 Å². The van der Waals surface area contributed by atoms with E-state index in [0.29, 0.717) is 17.9 Å². The number of ether oxygens (including phenoxy) is 1. The number of carbonyl (C=O) groups is 2. The molecule has 0 spiro atoms. The van der Waals surface area contributed by atoms with E-state index in [0.717, 1.165) is 31.6 Å². The van der Waals surface area contributed by atoms with Crippen LogP contribution in [0, 0.1) is 0 Å². The molecule has 0 amide bonds. The zero-order valence-corrected chi connectivity index (χ0v) is 16.4. The first kappa shape index (κ1) is 23.9. The van der Waals surface area contributed by atoms with Crippen LogP contribution >= 0.6 is 0 Å². The Morgan fingerprint density at radius 1 is 0.968 bits per heavy atom. The van der Waals surface area contributed by atoms with E-state index in [2.05, 4.69) is 17.4 Å². The number of halogens is 3. The molecule has 6 nitrogen and oxygen atoms in total. The first-order valence-electron chi connectivity index (χ1n) is 9.40. The second-order valence-electron chi connectivity index (χ2n) is 6.70. The van der Waals surface area contributed by atoms with Crippen LogP contribution in [0.1, 0.15) is 23.5 Å². The minimum Gasteiger partial charge on any atom is -0.490 e. The van der Waals surface area contributed by atoms with Crippen LogP contribution in [0.2, 0.25) is 0 Å². The summed E-state index contributed by atoms with van der Waals surface area (Å²) in [7, 11) is 0. The highest BCUT2D eigenvalue weighted by molar-refractivity contribution is 5.89. The molecule has 31 heavy (non-hydrogen) atoms. The molecule has 166 valence electrons. The lowest BCUT2D eigenvalue weighted by atomic mass is 9.89. The van der Waals surface area contributed by atoms with Gasteiger partial charge in [-0.3, -0.25) is 0 Å². The number of rotatable bonds is 5. The normalized spacial score (nSPS) is 18.7. The molecule has 2 unspecified atom stereocenters. The number of hydrogen-bond acceptors (Lipinski definition) is 4. The molecule has 0 aromatic heterocycles. The molecule has 0 radical (unpaired) electrons. The van der Waals surface area contributed by atoms with E-state index >= 15 is 0 Å². The predicted molar refractivity (Wildman–Crippen MR) is 107 cm³/mol. The number of carboxylic acids is 2. The fourth-order valence-corrected chi connectivity index (χ4v) is 3.05. The van der Waals surface area contributed by atoms with Gasteiger partial charge in [-0.2, -0.15) is 13.2 Å². The van der Waals surface area contributed by atoms with E-state index in [1.54, 1.807) is 0 Å². The largest absolute Gasteiger partial charge is 0.490 e. The van der Waals surface area contributed by atoms with Crippen LogP contribution in [0.3, 0.4) is 0 Å². The highest BCUT2D eigenvalue weighted by Crippen LogP contribution is 2.32. The molecule has 1 aliphatic rings. The second-order valence-corrected chi connectivity index (χ2v) is 6.70. The van der Waals surface area contributed by atoms with E-state index in [1.165, 1.54) is 17.7 Å². The van der Waals surface area contributed by atoms with Gasteiger partial charge in [0, 0.05) is 24.6 Å². The van der Waals surface area contributed by atoms with Crippen LogP contribution in [0.15, 0.2) is 66.7 Å². The molecule has 3 N–H and O–H groups in total. The molecule has 3 rings (SSSR count). The third-order valence-corrected chi connectivity index (χ3v) is 4.48. The molecule has 0 bridgehead atoms. The molecule has 2 aromatic rings. The third-order valence-electron chi connectivity index (χ3n) is 4.48. The van der Waals surface area contributed by atoms with E-state index in [-0.39, 0.29) is 12.0 Å². The lowest BCUT2D eigenvalue weighted by molar-refractivity contribution is -0.137. The average molecular weight is 437 g/mol. The van der Waals surface area contributed by atoms with Gasteiger partial charge in [-0.05, 0) is 42.8 Å². The predicted octanol–water partition coefficient (Wildman–Crippen LogP) is 3.94. The van der Waals surface area contributed by atoms with E-state index in [1.807, 2.05) is 18.2 Å². The van der Waals surface area contributed by atoms with Gasteiger partial charge in [-0.1, -0.05) is 30.3 Å². The Hall–Kier alpha value is -3.33. The molecule has 1 fully saturated rings. The molecule has 2 atom stereocenters. The van der Waals surface area contributed by atoms with Crippen molar-refractivity contribution < 1.29 is 37.7 Å². The first-order chi connectivity index (χ1) is 14.7. The number of benzene rings is 2. The molecule has 1 heterocycles. The number of aliphatic carboxylic acids is 2. The summed E-state index contributed by atoms with van der Waals surface area (Å²) in [4.78, 5) is 19.1. The molecule has 2 aromatic carbocycles. The molecular weight excluding hydrogens is 415 g/mol. The third kappa shape index (κ3) is 8.13. The van der Waals surface area contributed by atoms with Gasteiger partial charge < -0.3 is 20.3 Å². The summed E-state index contributed by atoms with van der Waals surface area (Å²) in [6.07, 6.45) is -2.43. The van der Waals surface area contributed by atoms with Gasteiger partial charge in [-0.25, -0.2) is 9.59 Å². The number of carboxylic acid groups (broad SMARTS) is 2. The molecule has 1 aliphatic heterocycles. The smallest absolute Gasteiger partial charge is 0.416 e. The maximum absolute atomic E-state index is 12.6. The van der Waals surface area contributed by atoms with Crippen molar-refractivity contribution >= 4 is 11.9 Å². The summed E-state index contributed by atoms with van der Waals surface area (Å²) in [5, 5.41) is 19.0. The minimum absolute atomic E-state index is 0.0459. The Balaban J connectivity index is 0.000000366. The number of alkyl halides is 3. The average Bonchev–Trinajstić information content (AvgIpc) is 2.73. The van der Waals surface area contributed by atoms with Crippen LogP contribution in [0.25, 0.3) is 0 Å².